The third kappa shape index (κ3) is 13.0. The Labute approximate surface area is 374 Å². The number of aliphatic hydroxyl groups is 2. The van der Waals surface area contributed by atoms with E-state index in [1.54, 1.807) is 19.1 Å². The molecule has 0 saturated heterocycles. The molecule has 338 valence electrons. The van der Waals surface area contributed by atoms with E-state index in [-0.39, 0.29) is 12.7 Å². The molecular formula is C53H60O11. The van der Waals surface area contributed by atoms with Crippen molar-refractivity contribution in [1.29, 1.82) is 0 Å². The van der Waals surface area contributed by atoms with Crippen molar-refractivity contribution in [3.8, 4) is 33.8 Å². The van der Waals surface area contributed by atoms with E-state index in [2.05, 4.69) is 20.4 Å². The first kappa shape index (κ1) is 47.5. The van der Waals surface area contributed by atoms with Crippen molar-refractivity contribution in [2.75, 3.05) is 26.4 Å². The lowest BCUT2D eigenvalue weighted by molar-refractivity contribution is -0.139. The van der Waals surface area contributed by atoms with Crippen molar-refractivity contribution in [2.45, 2.75) is 103 Å². The van der Waals surface area contributed by atoms with E-state index in [0.29, 0.717) is 111 Å². The summed E-state index contributed by atoms with van der Waals surface area (Å²) < 4.78 is 35.1. The minimum atomic E-state index is -0.945. The summed E-state index contributed by atoms with van der Waals surface area (Å²) in [5.74, 6) is 0.717. The molecular weight excluding hydrogens is 813 g/mol. The van der Waals surface area contributed by atoms with Gasteiger partial charge >= 0.3 is 17.2 Å². The summed E-state index contributed by atoms with van der Waals surface area (Å²) in [6.45, 7) is 10.6. The number of benzene rings is 4. The molecule has 64 heavy (non-hydrogen) atoms. The summed E-state index contributed by atoms with van der Waals surface area (Å²) in [7, 11) is 0. The van der Waals surface area contributed by atoms with Gasteiger partial charge in [0.25, 0.3) is 0 Å². The van der Waals surface area contributed by atoms with Gasteiger partial charge in [0.1, 0.15) is 22.7 Å². The number of ether oxygens (including phenoxy) is 4. The van der Waals surface area contributed by atoms with Crippen LogP contribution in [0.5, 0.6) is 11.5 Å². The largest absolute Gasteiger partial charge is 0.493 e. The minimum absolute atomic E-state index is 0.129. The molecule has 0 spiro atoms. The second kappa shape index (κ2) is 23.6. The first-order chi connectivity index (χ1) is 31.0. The first-order valence-corrected chi connectivity index (χ1v) is 22.4. The second-order valence-electron chi connectivity index (χ2n) is 16.1. The molecule has 4 aromatic carbocycles. The molecule has 0 amide bonds. The minimum Gasteiger partial charge on any atom is -0.493 e. The van der Waals surface area contributed by atoms with Crippen LogP contribution in [0.4, 0.5) is 0 Å². The standard InChI is InChI=1S/C53H60O11/c1-5-36-15-7-9-19-43(36)45-31-38-23-25-41(33-49(38)63-52(45)57)60-27-11-17-40(59-29-13-21-47(54)48(55)22-14-30-62-51(56)35(3)4)18-12-28-61-42-26-24-39-32-46(53(58)64-50(39)34-42)44-20-10-8-16-37(44)6-2/h7-10,15-16,19-20,23-26,31-34,40,47-48,54-55H,3,5-6,11-14,17-18,21-22,27-30H2,1-2,4H3. The Bertz CT molecular complexity index is 2450. The average molecular weight is 873 g/mol. The van der Waals surface area contributed by atoms with Gasteiger partial charge in [0.15, 0.2) is 0 Å². The lowest BCUT2D eigenvalue weighted by Crippen LogP contribution is -2.27. The summed E-state index contributed by atoms with van der Waals surface area (Å²) >= 11 is 0. The molecule has 2 heterocycles. The SMILES string of the molecule is C=C(C)C(=O)OCCCC(O)C(O)CCCOC(CCCOc1ccc2cc(-c3ccccc3CC)c(=O)oc2c1)CCCOc1ccc2cc(-c3ccccc3CC)c(=O)oc2c1. The van der Waals surface area contributed by atoms with E-state index < -0.39 is 29.4 Å². The Balaban J connectivity index is 1.02. The molecule has 6 rings (SSSR count). The fourth-order valence-electron chi connectivity index (χ4n) is 7.74. The van der Waals surface area contributed by atoms with Gasteiger partial charge in [-0.2, -0.15) is 0 Å². The maximum absolute atomic E-state index is 13.1. The molecule has 0 saturated carbocycles. The van der Waals surface area contributed by atoms with Gasteiger partial charge in [0.05, 0.1) is 49.3 Å². The van der Waals surface area contributed by atoms with Crippen LogP contribution >= 0.6 is 0 Å². The van der Waals surface area contributed by atoms with Gasteiger partial charge in [-0.1, -0.05) is 69.0 Å². The molecule has 2 atom stereocenters. The highest BCUT2D eigenvalue weighted by Crippen LogP contribution is 2.29. The van der Waals surface area contributed by atoms with Gasteiger partial charge in [0, 0.05) is 35.1 Å². The third-order valence-corrected chi connectivity index (χ3v) is 11.3. The zero-order valence-electron chi connectivity index (χ0n) is 37.1. The van der Waals surface area contributed by atoms with Crippen molar-refractivity contribution >= 4 is 27.9 Å². The highest BCUT2D eigenvalue weighted by Gasteiger charge is 2.18. The van der Waals surface area contributed by atoms with E-state index in [0.717, 1.165) is 45.9 Å². The number of aryl methyl sites for hydroxylation is 2. The molecule has 0 aliphatic heterocycles. The predicted molar refractivity (Wildman–Crippen MR) is 250 cm³/mol. The molecule has 0 radical (unpaired) electrons. The molecule has 0 aliphatic rings. The molecule has 11 nitrogen and oxygen atoms in total. The fourth-order valence-corrected chi connectivity index (χ4v) is 7.74. The van der Waals surface area contributed by atoms with Crippen LogP contribution in [0.1, 0.15) is 83.3 Å². The van der Waals surface area contributed by atoms with Crippen LogP contribution in [0, 0.1) is 0 Å². The molecule has 2 unspecified atom stereocenters. The zero-order chi connectivity index (χ0) is 45.4. The number of aliphatic hydroxyl groups excluding tert-OH is 2. The van der Waals surface area contributed by atoms with Gasteiger partial charge in [-0.15, -0.1) is 0 Å². The normalized spacial score (nSPS) is 12.4. The molecule has 6 aromatic rings. The molecule has 2 N–H and O–H groups in total. The van der Waals surface area contributed by atoms with Crippen molar-refractivity contribution in [1.82, 2.24) is 0 Å². The Hall–Kier alpha value is -6.01. The highest BCUT2D eigenvalue weighted by molar-refractivity contribution is 5.87. The van der Waals surface area contributed by atoms with Gasteiger partial charge < -0.3 is 38.0 Å². The van der Waals surface area contributed by atoms with Crippen LogP contribution in [0.2, 0.25) is 0 Å². The maximum atomic E-state index is 13.1. The second-order valence-corrected chi connectivity index (χ2v) is 16.1. The van der Waals surface area contributed by atoms with Crippen LogP contribution in [0.15, 0.2) is 128 Å². The lowest BCUT2D eigenvalue weighted by atomic mass is 9.98. The summed E-state index contributed by atoms with van der Waals surface area (Å²) in [4.78, 5) is 37.7. The first-order valence-electron chi connectivity index (χ1n) is 22.4. The van der Waals surface area contributed by atoms with E-state index in [4.69, 9.17) is 27.8 Å². The van der Waals surface area contributed by atoms with E-state index in [9.17, 15) is 24.6 Å². The molecule has 2 aromatic heterocycles. The average Bonchev–Trinajstić information content (AvgIpc) is 3.30. The van der Waals surface area contributed by atoms with Gasteiger partial charge in [-0.3, -0.25) is 0 Å². The number of carbonyl (C=O) groups is 1. The van der Waals surface area contributed by atoms with Crippen LogP contribution < -0.4 is 20.7 Å². The van der Waals surface area contributed by atoms with Gasteiger partial charge in [0.2, 0.25) is 0 Å². The Kier molecular flexibility index (Phi) is 17.5. The van der Waals surface area contributed by atoms with E-state index >= 15 is 0 Å². The molecule has 0 bridgehead atoms. The number of fused-ring (bicyclic) bond motifs is 2. The maximum Gasteiger partial charge on any atom is 0.344 e. The molecule has 0 fully saturated rings. The highest BCUT2D eigenvalue weighted by atomic mass is 16.5. The summed E-state index contributed by atoms with van der Waals surface area (Å²) in [6, 6.07) is 30.5. The monoisotopic (exact) mass is 872 g/mol. The van der Waals surface area contributed by atoms with Crippen LogP contribution in [-0.2, 0) is 27.1 Å². The fraction of sp³-hybridized carbons (Fsp3) is 0.377. The van der Waals surface area contributed by atoms with Crippen molar-refractivity contribution in [3.05, 3.63) is 141 Å². The number of esters is 1. The summed E-state index contributed by atoms with van der Waals surface area (Å²) in [5.41, 5.74) is 5.42. The molecule has 11 heteroatoms. The van der Waals surface area contributed by atoms with Crippen molar-refractivity contribution in [3.63, 3.8) is 0 Å². The number of rotatable bonds is 25. The smallest absolute Gasteiger partial charge is 0.344 e. The topological polar surface area (TPSA) is 155 Å². The summed E-state index contributed by atoms with van der Waals surface area (Å²) in [5, 5.41) is 22.6. The van der Waals surface area contributed by atoms with Crippen molar-refractivity contribution in [2.24, 2.45) is 0 Å². The number of hydrogen-bond acceptors (Lipinski definition) is 11. The van der Waals surface area contributed by atoms with Gasteiger partial charge in [-0.25, -0.2) is 14.4 Å². The quantitative estimate of drug-likeness (QED) is 0.0244. The zero-order valence-corrected chi connectivity index (χ0v) is 37.1. The van der Waals surface area contributed by atoms with Crippen LogP contribution in [0.25, 0.3) is 44.2 Å². The Morgan fingerprint density at radius 1 is 0.594 bits per heavy atom. The van der Waals surface area contributed by atoms with E-state index in [1.807, 2.05) is 84.9 Å². The number of carbonyl (C=O) groups excluding carboxylic acids is 1. The third-order valence-electron chi connectivity index (χ3n) is 11.3. The summed E-state index contributed by atoms with van der Waals surface area (Å²) in [6.07, 6.45) is 3.96. The Morgan fingerprint density at radius 3 is 1.52 bits per heavy atom. The van der Waals surface area contributed by atoms with Gasteiger partial charge in [-0.05, 0) is 130 Å². The number of hydrogen-bond donors (Lipinski definition) is 2. The van der Waals surface area contributed by atoms with Crippen molar-refractivity contribution < 1.29 is 42.8 Å². The lowest BCUT2D eigenvalue weighted by Gasteiger charge is -2.20. The predicted octanol–water partition coefficient (Wildman–Crippen LogP) is 10.2. The van der Waals surface area contributed by atoms with Crippen LogP contribution in [-0.4, -0.2) is 60.9 Å². The van der Waals surface area contributed by atoms with Crippen LogP contribution in [0.3, 0.4) is 0 Å². The Morgan fingerprint density at radius 2 is 1.05 bits per heavy atom. The van der Waals surface area contributed by atoms with E-state index in [1.165, 1.54) is 0 Å². The molecule has 0 aliphatic carbocycles.